The maximum absolute atomic E-state index is 12.7. The number of imide groups is 1. The van der Waals surface area contributed by atoms with Crippen LogP contribution >= 0.6 is 0 Å². The summed E-state index contributed by atoms with van der Waals surface area (Å²) in [6.07, 6.45) is 5.73. The Kier molecular flexibility index (Phi) is 5.90. The molecule has 1 aromatic rings. The molecule has 2 amide bonds. The van der Waals surface area contributed by atoms with Crippen molar-refractivity contribution in [1.82, 2.24) is 0 Å². The lowest BCUT2D eigenvalue weighted by Gasteiger charge is -2.25. The number of rotatable bonds is 8. The van der Waals surface area contributed by atoms with Gasteiger partial charge in [0.25, 0.3) is 0 Å². The summed E-state index contributed by atoms with van der Waals surface area (Å²) in [5, 5.41) is 0. The topological polar surface area (TPSA) is 43.4 Å². The molecule has 4 nitrogen and oxygen atoms in total. The summed E-state index contributed by atoms with van der Waals surface area (Å²) < 4.78 is 4.92. The highest BCUT2D eigenvalue weighted by Crippen LogP contribution is 2.24. The monoisotopic (exact) mass is 302 g/mol. The zero-order chi connectivity index (χ0) is 15.8. The van der Waals surface area contributed by atoms with Gasteiger partial charge in [-0.25, -0.2) is 4.79 Å². The maximum atomic E-state index is 12.7. The molecule has 0 saturated carbocycles. The highest BCUT2D eigenvalue weighted by molar-refractivity contribution is 5.81. The first-order chi connectivity index (χ1) is 10.7. The number of hydrogen-bond donors (Lipinski definition) is 0. The molecule has 1 fully saturated rings. The molecule has 1 atom stereocenters. The van der Waals surface area contributed by atoms with Crippen molar-refractivity contribution in [3.63, 3.8) is 0 Å². The first-order valence-electron chi connectivity index (χ1n) is 7.92. The van der Waals surface area contributed by atoms with Crippen LogP contribution in [-0.2, 0) is 16.1 Å². The van der Waals surface area contributed by atoms with Gasteiger partial charge in [0.1, 0.15) is 19.7 Å². The molecule has 1 unspecified atom stereocenters. The first kappa shape index (κ1) is 16.4. The highest BCUT2D eigenvalue weighted by atomic mass is 16.6. The van der Waals surface area contributed by atoms with Crippen molar-refractivity contribution in [2.45, 2.75) is 38.6 Å². The predicted octanol–water partition coefficient (Wildman–Crippen LogP) is 3.82. The number of unbranched alkanes of at least 4 members (excludes halogenated alkanes) is 3. The molecule has 1 aliphatic rings. The van der Waals surface area contributed by atoms with Crippen molar-refractivity contribution in [1.29, 1.82) is 0 Å². The van der Waals surface area contributed by atoms with E-state index in [1.807, 2.05) is 36.4 Å². The number of carbonyl (C=O) groups excluding carboxylic acids is 2. The van der Waals surface area contributed by atoms with E-state index in [1.165, 1.54) is 0 Å². The van der Waals surface area contributed by atoms with E-state index in [4.69, 9.17) is 4.74 Å². The van der Waals surface area contributed by atoms with Gasteiger partial charge in [-0.2, -0.15) is 9.28 Å². The third-order valence-electron chi connectivity index (χ3n) is 4.12. The van der Waals surface area contributed by atoms with Gasteiger partial charge in [0.2, 0.25) is 0 Å². The van der Waals surface area contributed by atoms with E-state index in [1.54, 1.807) is 0 Å². The number of nitrogens with zero attached hydrogens (tertiary/aromatic N) is 1. The second-order valence-corrected chi connectivity index (χ2v) is 5.73. The normalized spacial score (nSPS) is 20.6. The van der Waals surface area contributed by atoms with Crippen LogP contribution in [-0.4, -0.2) is 29.6 Å². The van der Waals surface area contributed by atoms with E-state index in [0.29, 0.717) is 26.1 Å². The summed E-state index contributed by atoms with van der Waals surface area (Å²) in [5.74, 6) is -0.0232. The van der Waals surface area contributed by atoms with Gasteiger partial charge in [-0.05, 0) is 19.3 Å². The van der Waals surface area contributed by atoms with Crippen molar-refractivity contribution in [2.24, 2.45) is 0 Å². The second kappa shape index (κ2) is 7.90. The van der Waals surface area contributed by atoms with Crippen LogP contribution in [0.2, 0.25) is 0 Å². The Labute approximate surface area is 132 Å². The third kappa shape index (κ3) is 3.83. The molecule has 0 radical (unpaired) electrons. The molecule has 22 heavy (non-hydrogen) atoms. The number of quaternary nitrogens is 1. The Morgan fingerprint density at radius 1 is 1.23 bits per heavy atom. The molecule has 0 bridgehead atoms. The SMILES string of the molecule is C=CCCCCCC(=O)[N+]1(Cc2ccccc2)CCOC1=O. The molecular weight excluding hydrogens is 278 g/mol. The number of hydrogen-bond acceptors (Lipinski definition) is 3. The molecule has 1 aromatic carbocycles. The van der Waals surface area contributed by atoms with Gasteiger partial charge in [-0.3, -0.25) is 0 Å². The van der Waals surface area contributed by atoms with Crippen LogP contribution in [0, 0.1) is 0 Å². The van der Waals surface area contributed by atoms with Crippen molar-refractivity contribution in [3.8, 4) is 0 Å². The molecule has 1 saturated heterocycles. The fraction of sp³-hybridized carbons (Fsp3) is 0.444. The predicted molar refractivity (Wildman–Crippen MR) is 84.9 cm³/mol. The van der Waals surface area contributed by atoms with E-state index >= 15 is 0 Å². The number of ether oxygens (including phenoxy) is 1. The number of carbonyl (C=O) groups is 2. The average molecular weight is 302 g/mol. The molecule has 118 valence electrons. The summed E-state index contributed by atoms with van der Waals surface area (Å²) in [6.45, 7) is 4.86. The fourth-order valence-electron chi connectivity index (χ4n) is 2.81. The molecule has 0 aliphatic carbocycles. The van der Waals surface area contributed by atoms with Crippen molar-refractivity contribution in [3.05, 3.63) is 48.6 Å². The van der Waals surface area contributed by atoms with Crippen LogP contribution in [0.1, 0.15) is 37.7 Å². The summed E-state index contributed by atoms with van der Waals surface area (Å²) in [5.41, 5.74) is 0.987. The largest absolute Gasteiger partial charge is 0.524 e. The number of amides is 2. The van der Waals surface area contributed by atoms with Crippen LogP contribution in [0.5, 0.6) is 0 Å². The van der Waals surface area contributed by atoms with E-state index in [9.17, 15) is 9.59 Å². The molecule has 0 spiro atoms. The summed E-state index contributed by atoms with van der Waals surface area (Å²) in [4.78, 5) is 24.9. The molecular formula is C18H24NO3+. The number of allylic oxidation sites excluding steroid dienone is 1. The quantitative estimate of drug-likeness (QED) is 0.416. The number of benzene rings is 1. The zero-order valence-electron chi connectivity index (χ0n) is 13.0. The first-order valence-corrected chi connectivity index (χ1v) is 7.92. The van der Waals surface area contributed by atoms with Crippen molar-refractivity contribution in [2.75, 3.05) is 13.2 Å². The Bertz CT molecular complexity index is 526. The van der Waals surface area contributed by atoms with Crippen molar-refractivity contribution >= 4 is 12.0 Å². The highest BCUT2D eigenvalue weighted by Gasteiger charge is 2.50. The lowest BCUT2D eigenvalue weighted by molar-refractivity contribution is -0.780. The van der Waals surface area contributed by atoms with E-state index in [-0.39, 0.29) is 10.4 Å². The third-order valence-corrected chi connectivity index (χ3v) is 4.12. The molecule has 0 N–H and O–H groups in total. The minimum absolute atomic E-state index is 0.0232. The fourth-order valence-corrected chi connectivity index (χ4v) is 2.81. The second-order valence-electron chi connectivity index (χ2n) is 5.73. The number of cyclic esters (lactones) is 1. The van der Waals surface area contributed by atoms with Crippen LogP contribution in [0.4, 0.5) is 4.79 Å². The van der Waals surface area contributed by atoms with E-state index in [0.717, 1.165) is 31.2 Å². The average Bonchev–Trinajstić information content (AvgIpc) is 2.90. The molecule has 4 heteroatoms. The molecule has 0 aromatic heterocycles. The van der Waals surface area contributed by atoms with Crippen LogP contribution < -0.4 is 0 Å². The Morgan fingerprint density at radius 3 is 2.64 bits per heavy atom. The summed E-state index contributed by atoms with van der Waals surface area (Å²) in [7, 11) is 0. The van der Waals surface area contributed by atoms with Gasteiger partial charge in [0.05, 0.1) is 6.42 Å². The van der Waals surface area contributed by atoms with Gasteiger partial charge in [-0.1, -0.05) is 42.8 Å². The Balaban J connectivity index is 2.01. The summed E-state index contributed by atoms with van der Waals surface area (Å²) >= 11 is 0. The van der Waals surface area contributed by atoms with Gasteiger partial charge in [-0.15, -0.1) is 6.58 Å². The molecule has 1 aliphatic heterocycles. The Morgan fingerprint density at radius 2 is 2.00 bits per heavy atom. The Hall–Kier alpha value is -1.94. The lowest BCUT2D eigenvalue weighted by atomic mass is 10.1. The van der Waals surface area contributed by atoms with Crippen LogP contribution in [0.15, 0.2) is 43.0 Å². The van der Waals surface area contributed by atoms with Gasteiger partial charge >= 0.3 is 12.0 Å². The van der Waals surface area contributed by atoms with Gasteiger partial charge in [0.15, 0.2) is 0 Å². The lowest BCUT2D eigenvalue weighted by Crippen LogP contribution is -2.52. The van der Waals surface area contributed by atoms with Gasteiger partial charge in [0, 0.05) is 5.56 Å². The summed E-state index contributed by atoms with van der Waals surface area (Å²) in [6, 6.07) is 9.67. The van der Waals surface area contributed by atoms with Gasteiger partial charge < -0.3 is 4.74 Å². The van der Waals surface area contributed by atoms with E-state index in [2.05, 4.69) is 6.58 Å². The minimum atomic E-state index is -0.403. The molecule has 1 heterocycles. The maximum Gasteiger partial charge on any atom is 0.524 e. The smallest absolute Gasteiger partial charge is 0.414 e. The van der Waals surface area contributed by atoms with Crippen LogP contribution in [0.3, 0.4) is 0 Å². The molecule has 2 rings (SSSR count). The van der Waals surface area contributed by atoms with Crippen molar-refractivity contribution < 1.29 is 18.8 Å². The zero-order valence-corrected chi connectivity index (χ0v) is 13.0. The van der Waals surface area contributed by atoms with E-state index < -0.39 is 6.09 Å². The minimum Gasteiger partial charge on any atom is -0.414 e. The van der Waals surface area contributed by atoms with Crippen LogP contribution in [0.25, 0.3) is 0 Å². The standard InChI is InChI=1S/C18H24NO3/c1-2-3-4-5-9-12-17(20)19(13-14-22-18(19)21)15-16-10-7-6-8-11-16/h2,6-8,10-11H,1,3-5,9,12-15H2/q+1.